The minimum absolute atomic E-state index is 0.342. The molecule has 14 heavy (non-hydrogen) atoms. The Bertz CT molecular complexity index is 473. The van der Waals surface area contributed by atoms with Crippen LogP contribution < -0.4 is 0 Å². The van der Waals surface area contributed by atoms with Gasteiger partial charge in [-0.15, -0.1) is 0 Å². The fourth-order valence-corrected chi connectivity index (χ4v) is 1.68. The lowest BCUT2D eigenvalue weighted by Crippen LogP contribution is -2.02. The lowest BCUT2D eigenvalue weighted by molar-refractivity contribution is 0.547. The molecular weight excluding hydrogens is 198 g/mol. The molecule has 2 aromatic rings. The van der Waals surface area contributed by atoms with Gasteiger partial charge in [-0.05, 0) is 32.9 Å². The molecule has 0 fully saturated rings. The quantitative estimate of drug-likeness (QED) is 0.676. The highest BCUT2D eigenvalue weighted by Crippen LogP contribution is 2.21. The summed E-state index contributed by atoms with van der Waals surface area (Å²) in [5.74, 6) is 0. The van der Waals surface area contributed by atoms with Crippen LogP contribution in [0.15, 0.2) is 12.1 Å². The average Bonchev–Trinajstić information content (AvgIpc) is 2.44. The molecule has 0 radical (unpaired) electrons. The van der Waals surface area contributed by atoms with E-state index >= 15 is 0 Å². The summed E-state index contributed by atoms with van der Waals surface area (Å²) >= 11 is 5.83. The Kier molecular flexibility index (Phi) is 2.19. The first-order chi connectivity index (χ1) is 6.59. The van der Waals surface area contributed by atoms with Gasteiger partial charge in [0.1, 0.15) is 10.7 Å². The summed E-state index contributed by atoms with van der Waals surface area (Å²) in [5, 5.41) is 4.94. The SMILES string of the molecule is Cc1nn(C(C)C)c2ccc(Cl)nc12. The van der Waals surface area contributed by atoms with Gasteiger partial charge < -0.3 is 0 Å². The molecule has 0 saturated carbocycles. The standard InChI is InChI=1S/C10H12ClN3/c1-6(2)14-8-4-5-9(11)12-10(8)7(3)13-14/h4-6H,1-3H3. The van der Waals surface area contributed by atoms with Crippen molar-refractivity contribution < 1.29 is 0 Å². The first kappa shape index (κ1) is 9.46. The first-order valence-electron chi connectivity index (χ1n) is 4.61. The molecule has 0 aliphatic carbocycles. The van der Waals surface area contributed by atoms with Crippen molar-refractivity contribution in [1.29, 1.82) is 0 Å². The van der Waals surface area contributed by atoms with Gasteiger partial charge in [0.15, 0.2) is 0 Å². The molecule has 2 rings (SSSR count). The Morgan fingerprint density at radius 3 is 2.71 bits per heavy atom. The van der Waals surface area contributed by atoms with Crippen molar-refractivity contribution in [2.75, 3.05) is 0 Å². The number of rotatable bonds is 1. The third-order valence-electron chi connectivity index (χ3n) is 2.18. The van der Waals surface area contributed by atoms with Crippen molar-refractivity contribution in [2.45, 2.75) is 26.8 Å². The average molecular weight is 210 g/mol. The number of hydrogen-bond donors (Lipinski definition) is 0. The van der Waals surface area contributed by atoms with Crippen molar-refractivity contribution in [3.8, 4) is 0 Å². The summed E-state index contributed by atoms with van der Waals surface area (Å²) < 4.78 is 1.97. The zero-order chi connectivity index (χ0) is 10.3. The number of pyridine rings is 1. The van der Waals surface area contributed by atoms with E-state index in [4.69, 9.17) is 11.6 Å². The maximum atomic E-state index is 5.83. The summed E-state index contributed by atoms with van der Waals surface area (Å²) in [6, 6.07) is 4.10. The highest BCUT2D eigenvalue weighted by atomic mass is 35.5. The molecule has 0 amide bonds. The van der Waals surface area contributed by atoms with E-state index in [1.54, 1.807) is 6.07 Å². The van der Waals surface area contributed by atoms with Gasteiger partial charge in [0.25, 0.3) is 0 Å². The fourth-order valence-electron chi connectivity index (χ4n) is 1.54. The van der Waals surface area contributed by atoms with Gasteiger partial charge in [-0.1, -0.05) is 11.6 Å². The number of aromatic nitrogens is 3. The smallest absolute Gasteiger partial charge is 0.129 e. The predicted molar refractivity (Wildman–Crippen MR) is 57.7 cm³/mol. The minimum Gasteiger partial charge on any atom is -0.260 e. The molecule has 0 atom stereocenters. The predicted octanol–water partition coefficient (Wildman–Crippen LogP) is 2.97. The van der Waals surface area contributed by atoms with Crippen molar-refractivity contribution in [3.05, 3.63) is 23.0 Å². The Morgan fingerprint density at radius 2 is 2.07 bits per heavy atom. The number of halogens is 1. The molecule has 0 aromatic carbocycles. The van der Waals surface area contributed by atoms with Crippen molar-refractivity contribution >= 4 is 22.6 Å². The van der Waals surface area contributed by atoms with Gasteiger partial charge in [-0.25, -0.2) is 4.98 Å². The van der Waals surface area contributed by atoms with Crippen molar-refractivity contribution in [2.24, 2.45) is 0 Å². The third kappa shape index (κ3) is 1.38. The van der Waals surface area contributed by atoms with E-state index in [1.807, 2.05) is 17.7 Å². The second-order valence-electron chi connectivity index (χ2n) is 3.63. The van der Waals surface area contributed by atoms with E-state index in [-0.39, 0.29) is 0 Å². The molecule has 0 bridgehead atoms. The number of aryl methyl sites for hydroxylation is 1. The van der Waals surface area contributed by atoms with Crippen LogP contribution in [-0.2, 0) is 0 Å². The van der Waals surface area contributed by atoms with Gasteiger partial charge in [0.05, 0.1) is 11.2 Å². The van der Waals surface area contributed by atoms with Crippen LogP contribution in [0, 0.1) is 6.92 Å². The highest BCUT2D eigenvalue weighted by molar-refractivity contribution is 6.29. The van der Waals surface area contributed by atoms with E-state index in [0.29, 0.717) is 11.2 Å². The lowest BCUT2D eigenvalue weighted by Gasteiger charge is -2.05. The topological polar surface area (TPSA) is 30.7 Å². The molecule has 74 valence electrons. The second kappa shape index (κ2) is 3.24. The van der Waals surface area contributed by atoms with Crippen LogP contribution in [0.5, 0.6) is 0 Å². The molecule has 4 heteroatoms. The molecule has 0 aliphatic rings. The molecule has 3 nitrogen and oxygen atoms in total. The zero-order valence-corrected chi connectivity index (χ0v) is 9.21. The molecule has 2 aromatic heterocycles. The summed E-state index contributed by atoms with van der Waals surface area (Å²) in [7, 11) is 0. The maximum absolute atomic E-state index is 5.83. The van der Waals surface area contributed by atoms with Gasteiger partial charge in [0, 0.05) is 6.04 Å². The molecule has 0 saturated heterocycles. The molecule has 2 heterocycles. The minimum atomic E-state index is 0.342. The van der Waals surface area contributed by atoms with Crippen LogP contribution in [0.4, 0.5) is 0 Å². The van der Waals surface area contributed by atoms with Crippen LogP contribution >= 0.6 is 11.6 Å². The first-order valence-corrected chi connectivity index (χ1v) is 4.98. The monoisotopic (exact) mass is 209 g/mol. The normalized spacial score (nSPS) is 11.5. The van der Waals surface area contributed by atoms with E-state index in [1.165, 1.54) is 0 Å². The van der Waals surface area contributed by atoms with Crippen LogP contribution in [0.25, 0.3) is 11.0 Å². The summed E-state index contributed by atoms with van der Waals surface area (Å²) in [5.41, 5.74) is 2.87. The number of hydrogen-bond acceptors (Lipinski definition) is 2. The third-order valence-corrected chi connectivity index (χ3v) is 2.39. The van der Waals surface area contributed by atoms with Crippen LogP contribution in [0.1, 0.15) is 25.6 Å². The van der Waals surface area contributed by atoms with E-state index in [0.717, 1.165) is 16.7 Å². The van der Waals surface area contributed by atoms with E-state index < -0.39 is 0 Å². The van der Waals surface area contributed by atoms with Crippen LogP contribution in [0.2, 0.25) is 5.15 Å². The van der Waals surface area contributed by atoms with E-state index in [9.17, 15) is 0 Å². The zero-order valence-electron chi connectivity index (χ0n) is 8.45. The maximum Gasteiger partial charge on any atom is 0.129 e. The Morgan fingerprint density at radius 1 is 1.36 bits per heavy atom. The molecule has 0 N–H and O–H groups in total. The fraction of sp³-hybridized carbons (Fsp3) is 0.400. The summed E-state index contributed by atoms with van der Waals surface area (Å²) in [6.07, 6.45) is 0. The second-order valence-corrected chi connectivity index (χ2v) is 4.01. The molecule has 0 aliphatic heterocycles. The Labute approximate surface area is 87.7 Å². The van der Waals surface area contributed by atoms with Gasteiger partial charge in [-0.2, -0.15) is 5.10 Å². The van der Waals surface area contributed by atoms with Gasteiger partial charge >= 0.3 is 0 Å². The summed E-state index contributed by atoms with van der Waals surface area (Å²) in [6.45, 7) is 6.14. The van der Waals surface area contributed by atoms with Crippen molar-refractivity contribution in [1.82, 2.24) is 14.8 Å². The largest absolute Gasteiger partial charge is 0.260 e. The highest BCUT2D eigenvalue weighted by Gasteiger charge is 2.10. The summed E-state index contributed by atoms with van der Waals surface area (Å²) in [4.78, 5) is 4.26. The molecule has 0 unspecified atom stereocenters. The molecular formula is C10H12ClN3. The molecule has 0 spiro atoms. The number of fused-ring (bicyclic) bond motifs is 1. The Balaban J connectivity index is 2.77. The number of nitrogens with zero attached hydrogens (tertiary/aromatic N) is 3. The van der Waals surface area contributed by atoms with Crippen LogP contribution in [0.3, 0.4) is 0 Å². The van der Waals surface area contributed by atoms with Gasteiger partial charge in [0.2, 0.25) is 0 Å². The Hall–Kier alpha value is -1.09. The van der Waals surface area contributed by atoms with Crippen molar-refractivity contribution in [3.63, 3.8) is 0 Å². The van der Waals surface area contributed by atoms with Gasteiger partial charge in [-0.3, -0.25) is 4.68 Å². The van der Waals surface area contributed by atoms with E-state index in [2.05, 4.69) is 23.9 Å². The van der Waals surface area contributed by atoms with Crippen LogP contribution in [-0.4, -0.2) is 14.8 Å². The lowest BCUT2D eigenvalue weighted by atomic mass is 10.3.